The van der Waals surface area contributed by atoms with Crippen molar-refractivity contribution in [2.75, 3.05) is 7.05 Å². The van der Waals surface area contributed by atoms with Gasteiger partial charge in [0, 0.05) is 16.7 Å². The predicted octanol–water partition coefficient (Wildman–Crippen LogP) is 6.38. The number of nitrogens with zero attached hydrogens (tertiary/aromatic N) is 1. The van der Waals surface area contributed by atoms with Gasteiger partial charge in [-0.15, -0.1) is 0 Å². The molecule has 148 valence electrons. The zero-order chi connectivity index (χ0) is 20.8. The van der Waals surface area contributed by atoms with Crippen LogP contribution in [0.1, 0.15) is 49.1 Å². The smallest absolute Gasteiger partial charge is 0.435 e. The van der Waals surface area contributed by atoms with Crippen molar-refractivity contribution in [1.82, 2.24) is 0 Å². The van der Waals surface area contributed by atoms with Crippen LogP contribution in [-0.4, -0.2) is 22.7 Å². The maximum Gasteiger partial charge on any atom is 0.514 e. The Bertz CT molecular complexity index is 1020. The number of rotatable bonds is 3. The maximum absolute atomic E-state index is 12.6. The molecule has 0 aliphatic heterocycles. The van der Waals surface area contributed by atoms with Crippen LogP contribution in [0.25, 0.3) is 11.1 Å². The molecule has 1 aliphatic rings. The van der Waals surface area contributed by atoms with E-state index in [-0.39, 0.29) is 15.9 Å². The molecule has 3 heteroatoms. The average molecular weight is 387 g/mol. The Morgan fingerprint density at radius 1 is 0.862 bits per heavy atom. The highest BCUT2D eigenvalue weighted by Crippen LogP contribution is 2.49. The number of amides is 1. The van der Waals surface area contributed by atoms with E-state index in [1.807, 2.05) is 31.3 Å². The van der Waals surface area contributed by atoms with Crippen molar-refractivity contribution in [3.63, 3.8) is 0 Å². The summed E-state index contributed by atoms with van der Waals surface area (Å²) < 4.78 is -0.108. The van der Waals surface area contributed by atoms with Crippen LogP contribution < -0.4 is 0 Å². The largest absolute Gasteiger partial charge is 0.514 e. The number of hydrogen-bond acceptors (Lipinski definition) is 1. The van der Waals surface area contributed by atoms with Crippen LogP contribution in [0.5, 0.6) is 0 Å². The maximum atomic E-state index is 12.6. The topological polar surface area (TPSA) is 37.3 Å². The summed E-state index contributed by atoms with van der Waals surface area (Å²) in [6, 6.07) is 24.5. The van der Waals surface area contributed by atoms with E-state index in [0.29, 0.717) is 6.54 Å². The summed E-state index contributed by atoms with van der Waals surface area (Å²) in [5.74, 6) is 0. The molecule has 0 saturated heterocycles. The van der Waals surface area contributed by atoms with Crippen LogP contribution in [0, 0.1) is 0 Å². The first-order valence-corrected chi connectivity index (χ1v) is 10.1. The van der Waals surface area contributed by atoms with E-state index in [1.165, 1.54) is 5.56 Å². The first-order valence-electron chi connectivity index (χ1n) is 10.1. The van der Waals surface area contributed by atoms with Crippen molar-refractivity contribution in [2.24, 2.45) is 0 Å². The van der Waals surface area contributed by atoms with Gasteiger partial charge in [-0.3, -0.25) is 0 Å². The Labute approximate surface area is 172 Å². The van der Waals surface area contributed by atoms with Gasteiger partial charge in [-0.25, -0.2) is 4.48 Å². The number of hydrogen-bond donors (Lipinski definition) is 1. The van der Waals surface area contributed by atoms with Crippen LogP contribution in [0.2, 0.25) is 0 Å². The van der Waals surface area contributed by atoms with Crippen molar-refractivity contribution in [3.8, 4) is 11.1 Å². The Balaban J connectivity index is 1.79. The molecule has 3 aromatic carbocycles. The molecule has 0 fully saturated rings. The fraction of sp³-hybridized carbons (Fsp3) is 0.269. The highest BCUT2D eigenvalue weighted by atomic mass is 16.4. The molecule has 4 rings (SSSR count). The number of fused-ring (bicyclic) bond motifs is 3. The molecule has 1 aliphatic carbocycles. The summed E-state index contributed by atoms with van der Waals surface area (Å²) in [5.41, 5.74) is 6.82. The van der Waals surface area contributed by atoms with Gasteiger partial charge in [-0.05, 0) is 22.1 Å². The number of quaternary nitrogens is 1. The first kappa shape index (κ1) is 19.4. The van der Waals surface area contributed by atoms with Crippen LogP contribution in [0.4, 0.5) is 4.79 Å². The molecule has 0 heterocycles. The zero-order valence-electron chi connectivity index (χ0n) is 17.5. The zero-order valence-corrected chi connectivity index (χ0v) is 17.5. The van der Waals surface area contributed by atoms with Crippen molar-refractivity contribution < 1.29 is 14.4 Å². The molecule has 1 atom stereocenters. The molecule has 3 aromatic rings. The SMILES string of the molecule is CC(C)(C)c1ccc(C[N+](C)(C(=O)O)C2c3ccccc3-c3ccccc32)cc1. The lowest BCUT2D eigenvalue weighted by Gasteiger charge is -2.35. The summed E-state index contributed by atoms with van der Waals surface area (Å²) in [6.07, 6.45) is -0.818. The van der Waals surface area contributed by atoms with E-state index in [2.05, 4.69) is 69.3 Å². The van der Waals surface area contributed by atoms with Gasteiger partial charge in [0.1, 0.15) is 6.54 Å². The van der Waals surface area contributed by atoms with Crippen LogP contribution in [0.3, 0.4) is 0 Å². The molecule has 1 N–H and O–H groups in total. The lowest BCUT2D eigenvalue weighted by Crippen LogP contribution is -2.50. The molecule has 0 bridgehead atoms. The molecule has 0 aromatic heterocycles. The second-order valence-corrected chi connectivity index (χ2v) is 9.23. The van der Waals surface area contributed by atoms with Gasteiger partial charge in [0.2, 0.25) is 0 Å². The highest BCUT2D eigenvalue weighted by molar-refractivity contribution is 5.79. The third-order valence-corrected chi connectivity index (χ3v) is 6.14. The third-order valence-electron chi connectivity index (χ3n) is 6.14. The lowest BCUT2D eigenvalue weighted by molar-refractivity contribution is -0.876. The average Bonchev–Trinajstić information content (AvgIpc) is 3.02. The van der Waals surface area contributed by atoms with Crippen molar-refractivity contribution >= 4 is 6.09 Å². The summed E-state index contributed by atoms with van der Waals surface area (Å²) in [7, 11) is 1.84. The predicted molar refractivity (Wildman–Crippen MR) is 117 cm³/mol. The summed E-state index contributed by atoms with van der Waals surface area (Å²) in [6.45, 7) is 6.98. The fourth-order valence-electron chi connectivity index (χ4n) is 4.50. The molecular formula is C26H28NO2+. The third kappa shape index (κ3) is 3.26. The van der Waals surface area contributed by atoms with E-state index in [9.17, 15) is 9.90 Å². The van der Waals surface area contributed by atoms with E-state index in [1.54, 1.807) is 0 Å². The Morgan fingerprint density at radius 2 is 1.34 bits per heavy atom. The second kappa shape index (κ2) is 6.85. The highest BCUT2D eigenvalue weighted by Gasteiger charge is 2.47. The van der Waals surface area contributed by atoms with E-state index < -0.39 is 6.09 Å². The summed E-state index contributed by atoms with van der Waals surface area (Å²) in [4.78, 5) is 12.6. The normalized spacial score (nSPS) is 15.4. The first-order chi connectivity index (χ1) is 13.7. The number of benzene rings is 3. The molecule has 0 saturated carbocycles. The minimum atomic E-state index is -0.818. The Kier molecular flexibility index (Phi) is 4.59. The van der Waals surface area contributed by atoms with Gasteiger partial charge in [-0.2, -0.15) is 4.79 Å². The molecule has 29 heavy (non-hydrogen) atoms. The summed E-state index contributed by atoms with van der Waals surface area (Å²) >= 11 is 0. The second-order valence-electron chi connectivity index (χ2n) is 9.23. The molecule has 0 radical (unpaired) electrons. The lowest BCUT2D eigenvalue weighted by atomic mass is 9.86. The quantitative estimate of drug-likeness (QED) is 0.530. The minimum Gasteiger partial charge on any atom is -0.435 e. The molecular weight excluding hydrogens is 358 g/mol. The van der Waals surface area contributed by atoms with Crippen molar-refractivity contribution in [2.45, 2.75) is 38.8 Å². The van der Waals surface area contributed by atoms with Crippen molar-refractivity contribution in [3.05, 3.63) is 95.1 Å². The number of carbonyl (C=O) groups is 1. The fourth-order valence-corrected chi connectivity index (χ4v) is 4.50. The van der Waals surface area contributed by atoms with Crippen LogP contribution in [0.15, 0.2) is 72.8 Å². The van der Waals surface area contributed by atoms with Crippen LogP contribution in [-0.2, 0) is 12.0 Å². The molecule has 1 unspecified atom stereocenters. The molecule has 3 nitrogen and oxygen atoms in total. The van der Waals surface area contributed by atoms with E-state index >= 15 is 0 Å². The van der Waals surface area contributed by atoms with Gasteiger partial charge in [0.05, 0.1) is 7.05 Å². The minimum absolute atomic E-state index is 0.0762. The van der Waals surface area contributed by atoms with E-state index in [0.717, 1.165) is 27.8 Å². The van der Waals surface area contributed by atoms with Gasteiger partial charge in [0.15, 0.2) is 6.04 Å². The van der Waals surface area contributed by atoms with Crippen molar-refractivity contribution in [1.29, 1.82) is 0 Å². The monoisotopic (exact) mass is 386 g/mol. The van der Waals surface area contributed by atoms with Crippen LogP contribution >= 0.6 is 0 Å². The van der Waals surface area contributed by atoms with Gasteiger partial charge in [0.25, 0.3) is 0 Å². The molecule has 0 spiro atoms. The van der Waals surface area contributed by atoms with Gasteiger partial charge < -0.3 is 5.11 Å². The number of carboxylic acid groups (broad SMARTS) is 1. The molecule has 1 amide bonds. The van der Waals surface area contributed by atoms with Gasteiger partial charge >= 0.3 is 6.09 Å². The summed E-state index contributed by atoms with van der Waals surface area (Å²) in [5, 5.41) is 10.4. The Hall–Kier alpha value is -2.91. The van der Waals surface area contributed by atoms with E-state index in [4.69, 9.17) is 0 Å². The standard InChI is InChI=1S/C26H27NO2/c1-26(2,3)19-15-13-18(14-16-19)17-27(4,25(28)29)24-22-11-7-5-9-20(22)21-10-6-8-12-23(21)24/h5-16,24H,17H2,1-4H3/p+1. The Morgan fingerprint density at radius 3 is 1.79 bits per heavy atom. The van der Waals surface area contributed by atoms with Gasteiger partial charge in [-0.1, -0.05) is 93.6 Å².